The number of Topliss-reactive ketones (excluding diaryl/α,β-unsaturated/α-hetero) is 1. The molecule has 35 heavy (non-hydrogen) atoms. The lowest BCUT2D eigenvalue weighted by Crippen LogP contribution is -2.29. The molecule has 1 atom stereocenters. The molecule has 0 saturated heterocycles. The number of allylic oxidation sites excluding steroid dienone is 2. The van der Waals surface area contributed by atoms with E-state index in [4.69, 9.17) is 30.9 Å². The second-order valence-corrected chi connectivity index (χ2v) is 8.33. The Morgan fingerprint density at radius 2 is 1.80 bits per heavy atom. The van der Waals surface area contributed by atoms with E-state index < -0.39 is 24.5 Å². The number of benzene rings is 2. The van der Waals surface area contributed by atoms with Crippen molar-refractivity contribution >= 4 is 35.0 Å². The quantitative estimate of drug-likeness (QED) is 0.518. The Balaban J connectivity index is 1.91. The van der Waals surface area contributed by atoms with Crippen LogP contribution >= 0.6 is 11.6 Å². The molecular formula is C26H24ClNO7. The third-order valence-corrected chi connectivity index (χ3v) is 6.03. The van der Waals surface area contributed by atoms with Crippen molar-refractivity contribution in [2.75, 3.05) is 19.8 Å². The van der Waals surface area contributed by atoms with Crippen molar-refractivity contribution in [3.05, 3.63) is 75.0 Å². The molecule has 1 heterocycles. The fourth-order valence-corrected chi connectivity index (χ4v) is 4.71. The topological polar surface area (TPSA) is 111 Å². The zero-order valence-corrected chi connectivity index (χ0v) is 20.2. The van der Waals surface area contributed by atoms with Gasteiger partial charge in [-0.15, -0.1) is 0 Å². The van der Waals surface area contributed by atoms with Crippen molar-refractivity contribution in [2.45, 2.75) is 26.7 Å². The lowest BCUT2D eigenvalue weighted by Gasteiger charge is -2.29. The van der Waals surface area contributed by atoms with Crippen molar-refractivity contribution in [3.63, 3.8) is 0 Å². The summed E-state index contributed by atoms with van der Waals surface area (Å²) in [5.74, 6) is -2.45. The van der Waals surface area contributed by atoms with E-state index in [0.29, 0.717) is 28.1 Å². The van der Waals surface area contributed by atoms with Gasteiger partial charge in [-0.1, -0.05) is 35.9 Å². The van der Waals surface area contributed by atoms with Crippen LogP contribution in [0.5, 0.6) is 11.5 Å². The molecule has 0 spiro atoms. The number of carboxylic acid groups (broad SMARTS) is 1. The Bertz CT molecular complexity index is 1290. The summed E-state index contributed by atoms with van der Waals surface area (Å²) in [5.41, 5.74) is 3.65. The van der Waals surface area contributed by atoms with Gasteiger partial charge < -0.3 is 24.6 Å². The minimum Gasteiger partial charge on any atom is -0.490 e. The molecule has 1 aliphatic heterocycles. The third-order valence-electron chi connectivity index (χ3n) is 5.75. The lowest BCUT2D eigenvalue weighted by molar-refractivity contribution is -0.140. The van der Waals surface area contributed by atoms with Crippen LogP contribution in [0.15, 0.2) is 53.2 Å². The SMILES string of the molecule is CCOC(=O)C1=C(C)NC2=C(C(=O)c3ccccc32)[C@@H]1c1cc(Cl)c(OCC(=O)O)c(OCC)c1. The van der Waals surface area contributed by atoms with E-state index in [-0.39, 0.29) is 41.1 Å². The van der Waals surface area contributed by atoms with Crippen molar-refractivity contribution < 1.29 is 33.7 Å². The minimum absolute atomic E-state index is 0.0715. The third kappa shape index (κ3) is 4.37. The maximum atomic E-state index is 13.6. The number of aliphatic carboxylic acids is 1. The summed E-state index contributed by atoms with van der Waals surface area (Å²) in [6.07, 6.45) is 0. The van der Waals surface area contributed by atoms with Crippen molar-refractivity contribution in [1.29, 1.82) is 0 Å². The number of fused-ring (bicyclic) bond motifs is 2. The van der Waals surface area contributed by atoms with Gasteiger partial charge in [-0.2, -0.15) is 0 Å². The number of halogens is 1. The summed E-state index contributed by atoms with van der Waals surface area (Å²) in [7, 11) is 0. The number of rotatable bonds is 8. The predicted octanol–water partition coefficient (Wildman–Crippen LogP) is 4.33. The maximum absolute atomic E-state index is 13.6. The first-order valence-electron chi connectivity index (χ1n) is 11.1. The summed E-state index contributed by atoms with van der Waals surface area (Å²) in [5, 5.41) is 12.4. The molecule has 0 amide bonds. The zero-order valence-electron chi connectivity index (χ0n) is 19.4. The Kier molecular flexibility index (Phi) is 6.84. The van der Waals surface area contributed by atoms with Gasteiger partial charge in [0.2, 0.25) is 0 Å². The van der Waals surface area contributed by atoms with Crippen LogP contribution in [-0.4, -0.2) is 42.6 Å². The van der Waals surface area contributed by atoms with Gasteiger partial charge >= 0.3 is 11.9 Å². The Hall–Kier alpha value is -3.78. The largest absolute Gasteiger partial charge is 0.490 e. The molecule has 1 aliphatic carbocycles. The number of hydrogen-bond acceptors (Lipinski definition) is 7. The van der Waals surface area contributed by atoms with Gasteiger partial charge in [0, 0.05) is 28.3 Å². The number of carbonyl (C=O) groups excluding carboxylic acids is 2. The minimum atomic E-state index is -1.17. The van der Waals surface area contributed by atoms with E-state index in [2.05, 4.69) is 5.32 Å². The van der Waals surface area contributed by atoms with E-state index in [0.717, 1.165) is 5.56 Å². The monoisotopic (exact) mass is 497 g/mol. The van der Waals surface area contributed by atoms with Crippen LogP contribution in [0, 0.1) is 0 Å². The van der Waals surface area contributed by atoms with E-state index in [1.54, 1.807) is 45.0 Å². The molecule has 0 unspecified atom stereocenters. The number of ketones is 1. The Morgan fingerprint density at radius 3 is 2.46 bits per heavy atom. The maximum Gasteiger partial charge on any atom is 0.341 e. The number of carbonyl (C=O) groups is 3. The number of carboxylic acids is 1. The van der Waals surface area contributed by atoms with E-state index in [1.807, 2.05) is 12.1 Å². The summed E-state index contributed by atoms with van der Waals surface area (Å²) in [4.78, 5) is 37.7. The standard InChI is InChI=1S/C26H24ClNO7/c1-4-33-18-11-14(10-17(27)25(18)35-12-19(29)30)21-20(26(32)34-5-2)13(3)28-23-15-8-6-7-9-16(15)24(31)22(21)23/h6-11,21,28H,4-5,12H2,1-3H3,(H,29,30)/t21-/m1/s1. The highest BCUT2D eigenvalue weighted by Crippen LogP contribution is 2.49. The number of ether oxygens (including phenoxy) is 3. The highest BCUT2D eigenvalue weighted by Gasteiger charge is 2.43. The molecule has 0 radical (unpaired) electrons. The van der Waals surface area contributed by atoms with Crippen LogP contribution in [0.1, 0.15) is 48.2 Å². The zero-order chi connectivity index (χ0) is 25.3. The fraction of sp³-hybridized carbons (Fsp3) is 0.269. The van der Waals surface area contributed by atoms with Gasteiger partial charge in [-0.05, 0) is 38.5 Å². The van der Waals surface area contributed by atoms with Gasteiger partial charge in [0.05, 0.1) is 29.5 Å². The number of esters is 1. The van der Waals surface area contributed by atoms with Gasteiger partial charge in [0.25, 0.3) is 0 Å². The van der Waals surface area contributed by atoms with Crippen molar-refractivity contribution in [1.82, 2.24) is 5.32 Å². The van der Waals surface area contributed by atoms with Gasteiger partial charge in [-0.25, -0.2) is 9.59 Å². The normalized spacial score (nSPS) is 16.5. The molecule has 2 N–H and O–H groups in total. The molecule has 8 nitrogen and oxygen atoms in total. The van der Waals surface area contributed by atoms with Crippen LogP contribution in [-0.2, 0) is 14.3 Å². The molecule has 9 heteroatoms. The van der Waals surface area contributed by atoms with E-state index >= 15 is 0 Å². The molecule has 2 aromatic rings. The fourth-order valence-electron chi connectivity index (χ4n) is 4.43. The van der Waals surface area contributed by atoms with Gasteiger partial charge in [0.1, 0.15) is 0 Å². The molecule has 0 aromatic heterocycles. The van der Waals surface area contributed by atoms with Crippen LogP contribution < -0.4 is 14.8 Å². The first kappa shape index (κ1) is 24.3. The van der Waals surface area contributed by atoms with Crippen molar-refractivity contribution in [3.8, 4) is 11.5 Å². The summed E-state index contributed by atoms with van der Waals surface area (Å²) in [6, 6.07) is 10.4. The Morgan fingerprint density at radius 1 is 1.09 bits per heavy atom. The summed E-state index contributed by atoms with van der Waals surface area (Å²) in [6.45, 7) is 5.03. The molecule has 182 valence electrons. The number of hydrogen-bond donors (Lipinski definition) is 2. The first-order chi connectivity index (χ1) is 16.8. The average Bonchev–Trinajstić information content (AvgIpc) is 3.09. The predicted molar refractivity (Wildman–Crippen MR) is 129 cm³/mol. The molecule has 2 aromatic carbocycles. The van der Waals surface area contributed by atoms with Crippen molar-refractivity contribution in [2.24, 2.45) is 0 Å². The van der Waals surface area contributed by atoms with Crippen LogP contribution in [0.3, 0.4) is 0 Å². The molecule has 0 bridgehead atoms. The first-order valence-corrected chi connectivity index (χ1v) is 11.5. The highest BCUT2D eigenvalue weighted by atomic mass is 35.5. The molecule has 0 saturated carbocycles. The van der Waals surface area contributed by atoms with E-state index in [1.165, 1.54) is 0 Å². The highest BCUT2D eigenvalue weighted by molar-refractivity contribution is 6.32. The summed E-state index contributed by atoms with van der Waals surface area (Å²) >= 11 is 6.52. The van der Waals surface area contributed by atoms with E-state index in [9.17, 15) is 14.4 Å². The van der Waals surface area contributed by atoms with Crippen LogP contribution in [0.2, 0.25) is 5.02 Å². The summed E-state index contributed by atoms with van der Waals surface area (Å²) < 4.78 is 16.4. The molecule has 2 aliphatic rings. The second-order valence-electron chi connectivity index (χ2n) is 7.93. The van der Waals surface area contributed by atoms with Gasteiger partial charge in [0.15, 0.2) is 23.9 Å². The number of nitrogens with one attached hydrogen (secondary N) is 1. The molecule has 4 rings (SSSR count). The molecule has 0 fully saturated rings. The van der Waals surface area contributed by atoms with Gasteiger partial charge in [-0.3, -0.25) is 4.79 Å². The van der Waals surface area contributed by atoms with Crippen LogP contribution in [0.25, 0.3) is 5.70 Å². The smallest absolute Gasteiger partial charge is 0.341 e. The Labute approximate surface area is 207 Å². The average molecular weight is 498 g/mol. The second kappa shape index (κ2) is 9.84. The number of dihydropyridines is 1. The molecular weight excluding hydrogens is 474 g/mol. The van der Waals surface area contributed by atoms with Crippen LogP contribution in [0.4, 0.5) is 0 Å². The lowest BCUT2D eigenvalue weighted by atomic mass is 9.79.